The molecule has 2 rings (SSSR count). The molecule has 0 aliphatic carbocycles. The zero-order valence-electron chi connectivity index (χ0n) is 14.4. The van der Waals surface area contributed by atoms with Gasteiger partial charge < -0.3 is 4.90 Å². The Labute approximate surface area is 149 Å². The van der Waals surface area contributed by atoms with Gasteiger partial charge >= 0.3 is 0 Å². The minimum absolute atomic E-state index is 0.0954. The molecule has 0 radical (unpaired) electrons. The van der Waals surface area contributed by atoms with Gasteiger partial charge in [0, 0.05) is 32.7 Å². The highest BCUT2D eigenvalue weighted by atomic mass is 32.2. The van der Waals surface area contributed by atoms with Crippen molar-refractivity contribution < 1.29 is 13.2 Å². The molecule has 1 amide bonds. The van der Waals surface area contributed by atoms with Crippen LogP contribution in [-0.2, 0) is 16.6 Å². The number of carbonyl (C=O) groups is 1. The fourth-order valence-corrected chi connectivity index (χ4v) is 3.82. The van der Waals surface area contributed by atoms with Crippen molar-refractivity contribution in [1.29, 1.82) is 0 Å². The van der Waals surface area contributed by atoms with Gasteiger partial charge in [-0.05, 0) is 23.8 Å². The Morgan fingerprint density at radius 3 is 2.36 bits per heavy atom. The van der Waals surface area contributed by atoms with Gasteiger partial charge in [-0.2, -0.15) is 4.31 Å². The van der Waals surface area contributed by atoms with Crippen molar-refractivity contribution in [2.24, 2.45) is 0 Å². The Morgan fingerprint density at radius 1 is 1.08 bits per heavy atom. The van der Waals surface area contributed by atoms with E-state index in [1.165, 1.54) is 21.3 Å². The first-order valence-electron chi connectivity index (χ1n) is 7.83. The molecule has 0 heterocycles. The van der Waals surface area contributed by atoms with Crippen LogP contribution in [0.3, 0.4) is 0 Å². The van der Waals surface area contributed by atoms with Gasteiger partial charge in [0.25, 0.3) is 5.91 Å². The molecule has 0 unspecified atom stereocenters. The van der Waals surface area contributed by atoms with Crippen LogP contribution in [-0.4, -0.2) is 44.2 Å². The predicted molar refractivity (Wildman–Crippen MR) is 98.7 cm³/mol. The molecule has 0 aliphatic rings. The van der Waals surface area contributed by atoms with Crippen LogP contribution in [0.1, 0.15) is 15.9 Å². The summed E-state index contributed by atoms with van der Waals surface area (Å²) in [4.78, 5) is 13.6. The Hall–Kier alpha value is -2.44. The van der Waals surface area contributed by atoms with E-state index in [1.54, 1.807) is 32.3 Å². The van der Waals surface area contributed by atoms with Gasteiger partial charge in [-0.25, -0.2) is 8.42 Å². The molecule has 0 aromatic heterocycles. The minimum Gasteiger partial charge on any atom is -0.345 e. The summed E-state index contributed by atoms with van der Waals surface area (Å²) in [5.41, 5.74) is 1.22. The maximum Gasteiger partial charge on any atom is 0.253 e. The molecule has 5 nitrogen and oxygen atoms in total. The lowest BCUT2D eigenvalue weighted by atomic mass is 10.2. The van der Waals surface area contributed by atoms with E-state index in [0.29, 0.717) is 5.56 Å². The van der Waals surface area contributed by atoms with E-state index in [1.807, 2.05) is 30.3 Å². The van der Waals surface area contributed by atoms with Crippen molar-refractivity contribution in [2.45, 2.75) is 11.4 Å². The molecule has 0 N–H and O–H groups in total. The molecule has 2 aromatic rings. The van der Waals surface area contributed by atoms with Crippen molar-refractivity contribution in [3.8, 4) is 0 Å². The summed E-state index contributed by atoms with van der Waals surface area (Å²) < 4.78 is 27.4. The topological polar surface area (TPSA) is 57.7 Å². The van der Waals surface area contributed by atoms with Crippen LogP contribution in [0.4, 0.5) is 0 Å². The van der Waals surface area contributed by atoms with Gasteiger partial charge in [0.1, 0.15) is 0 Å². The number of amides is 1. The van der Waals surface area contributed by atoms with E-state index in [4.69, 9.17) is 0 Å². The number of sulfonamides is 1. The molecule has 25 heavy (non-hydrogen) atoms. The molecule has 132 valence electrons. The summed E-state index contributed by atoms with van der Waals surface area (Å²) in [6.07, 6.45) is 1.55. The fourth-order valence-electron chi connectivity index (χ4n) is 2.38. The van der Waals surface area contributed by atoms with Crippen molar-refractivity contribution in [2.75, 3.05) is 20.6 Å². The summed E-state index contributed by atoms with van der Waals surface area (Å²) in [5.74, 6) is -0.240. The first kappa shape index (κ1) is 18.9. The Bertz CT molecular complexity index is 846. The standard InChI is InChI=1S/C19H22N2O3S/c1-4-13-21(15-16-9-6-5-7-10-16)25(23,24)18-12-8-11-17(14-18)19(22)20(2)3/h4-12,14H,1,13,15H2,2-3H3. The van der Waals surface area contributed by atoms with Crippen LogP contribution in [0.25, 0.3) is 0 Å². The first-order valence-corrected chi connectivity index (χ1v) is 9.27. The Kier molecular flexibility index (Phi) is 6.12. The average Bonchev–Trinajstić information content (AvgIpc) is 2.61. The van der Waals surface area contributed by atoms with Crippen molar-refractivity contribution in [3.63, 3.8) is 0 Å². The number of hydrogen-bond donors (Lipinski definition) is 0. The second-order valence-electron chi connectivity index (χ2n) is 5.80. The molecule has 2 aromatic carbocycles. The van der Waals surface area contributed by atoms with E-state index >= 15 is 0 Å². The molecular formula is C19H22N2O3S. The molecular weight excluding hydrogens is 336 g/mol. The lowest BCUT2D eigenvalue weighted by Crippen LogP contribution is -2.31. The number of rotatable bonds is 7. The fraction of sp³-hybridized carbons (Fsp3) is 0.211. The quantitative estimate of drug-likeness (QED) is 0.715. The van der Waals surface area contributed by atoms with Crippen molar-refractivity contribution in [3.05, 3.63) is 78.4 Å². The van der Waals surface area contributed by atoms with E-state index in [-0.39, 0.29) is 23.9 Å². The van der Waals surface area contributed by atoms with Crippen LogP contribution in [0.15, 0.2) is 72.1 Å². The van der Waals surface area contributed by atoms with Gasteiger partial charge in [0.2, 0.25) is 10.0 Å². The third-order valence-corrected chi connectivity index (χ3v) is 5.47. The maximum atomic E-state index is 13.0. The molecule has 0 fully saturated rings. The lowest BCUT2D eigenvalue weighted by Gasteiger charge is -2.21. The zero-order valence-corrected chi connectivity index (χ0v) is 15.2. The van der Waals surface area contributed by atoms with E-state index in [0.717, 1.165) is 5.56 Å². The van der Waals surface area contributed by atoms with E-state index < -0.39 is 10.0 Å². The van der Waals surface area contributed by atoms with Crippen LogP contribution in [0, 0.1) is 0 Å². The van der Waals surface area contributed by atoms with Crippen LogP contribution in [0.5, 0.6) is 0 Å². The van der Waals surface area contributed by atoms with E-state index in [9.17, 15) is 13.2 Å². The highest BCUT2D eigenvalue weighted by molar-refractivity contribution is 7.89. The third kappa shape index (κ3) is 4.55. The maximum absolute atomic E-state index is 13.0. The number of benzene rings is 2. The van der Waals surface area contributed by atoms with Crippen LogP contribution in [0.2, 0.25) is 0 Å². The van der Waals surface area contributed by atoms with Gasteiger partial charge in [0.15, 0.2) is 0 Å². The number of nitrogens with zero attached hydrogens (tertiary/aromatic N) is 2. The second-order valence-corrected chi connectivity index (χ2v) is 7.74. The Morgan fingerprint density at radius 2 is 1.76 bits per heavy atom. The zero-order chi connectivity index (χ0) is 18.4. The third-order valence-electron chi connectivity index (χ3n) is 3.66. The predicted octanol–water partition coefficient (Wildman–Crippen LogP) is 2.77. The first-order chi connectivity index (χ1) is 11.9. The molecule has 0 spiro atoms. The van der Waals surface area contributed by atoms with Crippen LogP contribution < -0.4 is 0 Å². The number of carbonyl (C=O) groups excluding carboxylic acids is 1. The molecule has 0 saturated heterocycles. The summed E-state index contributed by atoms with van der Waals surface area (Å²) >= 11 is 0. The van der Waals surface area contributed by atoms with E-state index in [2.05, 4.69) is 6.58 Å². The van der Waals surface area contributed by atoms with Crippen LogP contribution >= 0.6 is 0 Å². The van der Waals surface area contributed by atoms with Crippen molar-refractivity contribution >= 4 is 15.9 Å². The largest absolute Gasteiger partial charge is 0.345 e. The molecule has 6 heteroatoms. The number of hydrogen-bond acceptors (Lipinski definition) is 3. The Balaban J connectivity index is 2.38. The highest BCUT2D eigenvalue weighted by Crippen LogP contribution is 2.20. The molecule has 0 bridgehead atoms. The molecule has 0 aliphatic heterocycles. The van der Waals surface area contributed by atoms with Gasteiger partial charge in [-0.3, -0.25) is 4.79 Å². The molecule has 0 saturated carbocycles. The lowest BCUT2D eigenvalue weighted by molar-refractivity contribution is 0.0827. The average molecular weight is 358 g/mol. The minimum atomic E-state index is -3.75. The van der Waals surface area contributed by atoms with Gasteiger partial charge in [-0.1, -0.05) is 42.5 Å². The summed E-state index contributed by atoms with van der Waals surface area (Å²) in [6, 6.07) is 15.5. The summed E-state index contributed by atoms with van der Waals surface area (Å²) in [6.45, 7) is 4.07. The SMILES string of the molecule is C=CCN(Cc1ccccc1)S(=O)(=O)c1cccc(C(=O)N(C)C)c1. The summed E-state index contributed by atoms with van der Waals surface area (Å²) in [5, 5.41) is 0. The summed E-state index contributed by atoms with van der Waals surface area (Å²) in [7, 11) is -0.496. The van der Waals surface area contributed by atoms with Gasteiger partial charge in [-0.15, -0.1) is 6.58 Å². The van der Waals surface area contributed by atoms with Gasteiger partial charge in [0.05, 0.1) is 4.90 Å². The normalized spacial score (nSPS) is 11.3. The second kappa shape index (κ2) is 8.09. The smallest absolute Gasteiger partial charge is 0.253 e. The monoisotopic (exact) mass is 358 g/mol. The molecule has 0 atom stereocenters. The van der Waals surface area contributed by atoms with Crippen molar-refractivity contribution in [1.82, 2.24) is 9.21 Å². The highest BCUT2D eigenvalue weighted by Gasteiger charge is 2.24.